The molecule has 0 aromatic heterocycles. The van der Waals surface area contributed by atoms with Gasteiger partial charge in [-0.25, -0.2) is 0 Å². The Kier molecular flexibility index (Phi) is 10.1. The van der Waals surface area contributed by atoms with Crippen molar-refractivity contribution in [2.45, 2.75) is 76.3 Å². The second kappa shape index (κ2) is 13.5. The van der Waals surface area contributed by atoms with Gasteiger partial charge in [-0.1, -0.05) is 88.1 Å². The third-order valence-corrected chi connectivity index (χ3v) is 6.79. The molecule has 0 atom stereocenters. The van der Waals surface area contributed by atoms with Crippen LogP contribution < -0.4 is 4.90 Å². The van der Waals surface area contributed by atoms with Gasteiger partial charge in [-0.15, -0.1) is 0 Å². The van der Waals surface area contributed by atoms with E-state index < -0.39 is 0 Å². The van der Waals surface area contributed by atoms with Crippen molar-refractivity contribution >= 4 is 23.2 Å². The molecule has 0 unspecified atom stereocenters. The second-order valence-electron chi connectivity index (χ2n) is 9.08. The molecule has 2 saturated carbocycles. The van der Waals surface area contributed by atoms with E-state index in [9.17, 15) is 9.59 Å². The number of carbonyl (C=O) groups excluding carboxylic acids is 2. The molecule has 2 amide bonds. The molecule has 4 heteroatoms. The molecule has 0 N–H and O–H groups in total. The predicted octanol–water partition coefficient (Wildman–Crippen LogP) is 7.20. The van der Waals surface area contributed by atoms with Crippen molar-refractivity contribution in [3.05, 3.63) is 86.0 Å². The number of benzene rings is 2. The number of carbonyl (C=O) groups is 2. The van der Waals surface area contributed by atoms with Crippen molar-refractivity contribution < 1.29 is 9.59 Å². The molecule has 34 heavy (non-hydrogen) atoms. The maximum absolute atomic E-state index is 12.1. The van der Waals surface area contributed by atoms with Gasteiger partial charge in [-0.2, -0.15) is 0 Å². The van der Waals surface area contributed by atoms with Crippen LogP contribution in [0.1, 0.15) is 64.2 Å². The lowest BCUT2D eigenvalue weighted by atomic mass is 9.88. The van der Waals surface area contributed by atoms with Crippen molar-refractivity contribution in [3.63, 3.8) is 0 Å². The maximum atomic E-state index is 12.1. The number of para-hydroxylation sites is 2. The van der Waals surface area contributed by atoms with Crippen LogP contribution in [-0.2, 0) is 9.59 Å². The number of amides is 2. The van der Waals surface area contributed by atoms with Crippen LogP contribution in [0.2, 0.25) is 0 Å². The molecular weight excluding hydrogens is 420 g/mol. The quantitative estimate of drug-likeness (QED) is 0.429. The molecule has 0 aliphatic heterocycles. The molecule has 4 nitrogen and oxygen atoms in total. The standard InChI is InChI=1S/C15H25NO.C15H13NO/c2*1-2-15(17)16(13-9-5-3-6-10-13)14-11-7-4-8-12-14/h2,13-14H,1,3-12H2;2-12H,1H2. The number of nitrogens with zero attached hydrogens (tertiary/aromatic N) is 2. The minimum Gasteiger partial charge on any atom is -0.333 e. The van der Waals surface area contributed by atoms with Crippen LogP contribution in [0.15, 0.2) is 86.0 Å². The van der Waals surface area contributed by atoms with E-state index in [1.165, 1.54) is 76.4 Å². The third kappa shape index (κ3) is 6.93. The fraction of sp³-hybridized carbons (Fsp3) is 0.400. The highest BCUT2D eigenvalue weighted by Crippen LogP contribution is 2.30. The molecule has 0 saturated heterocycles. The largest absolute Gasteiger partial charge is 0.333 e. The molecular formula is C30H38N2O2. The highest BCUT2D eigenvalue weighted by Gasteiger charge is 2.30. The summed E-state index contributed by atoms with van der Waals surface area (Å²) in [5.74, 6) is 0.0335. The minimum atomic E-state index is -0.137. The first-order valence-corrected chi connectivity index (χ1v) is 12.7. The molecule has 2 aromatic carbocycles. The van der Waals surface area contributed by atoms with Crippen LogP contribution >= 0.6 is 0 Å². The Morgan fingerprint density at radius 2 is 1.00 bits per heavy atom. The summed E-state index contributed by atoms with van der Waals surface area (Å²) in [7, 11) is 0. The van der Waals surface area contributed by atoms with Gasteiger partial charge < -0.3 is 4.90 Å². The Morgan fingerprint density at radius 1 is 0.618 bits per heavy atom. The zero-order valence-electron chi connectivity index (χ0n) is 20.3. The van der Waals surface area contributed by atoms with Gasteiger partial charge in [0.1, 0.15) is 0 Å². The average molecular weight is 459 g/mol. The van der Waals surface area contributed by atoms with Crippen LogP contribution in [0.5, 0.6) is 0 Å². The van der Waals surface area contributed by atoms with Crippen molar-refractivity contribution in [2.75, 3.05) is 4.90 Å². The lowest BCUT2D eigenvalue weighted by Crippen LogP contribution is -2.48. The van der Waals surface area contributed by atoms with Crippen LogP contribution in [-0.4, -0.2) is 28.8 Å². The molecule has 0 heterocycles. The lowest BCUT2D eigenvalue weighted by Gasteiger charge is -2.41. The summed E-state index contributed by atoms with van der Waals surface area (Å²) >= 11 is 0. The summed E-state index contributed by atoms with van der Waals surface area (Å²) in [6, 6.07) is 20.0. The van der Waals surface area contributed by atoms with Gasteiger partial charge in [0.2, 0.25) is 5.91 Å². The van der Waals surface area contributed by atoms with Gasteiger partial charge in [0.05, 0.1) is 0 Å². The topological polar surface area (TPSA) is 40.6 Å². The van der Waals surface area contributed by atoms with Crippen LogP contribution in [0.3, 0.4) is 0 Å². The van der Waals surface area contributed by atoms with E-state index in [1.54, 1.807) is 4.90 Å². The normalized spacial score (nSPS) is 16.5. The fourth-order valence-electron chi connectivity index (χ4n) is 5.13. The van der Waals surface area contributed by atoms with Gasteiger partial charge >= 0.3 is 0 Å². The first-order valence-electron chi connectivity index (χ1n) is 12.7. The van der Waals surface area contributed by atoms with Gasteiger partial charge in [0, 0.05) is 23.5 Å². The average Bonchev–Trinajstić information content (AvgIpc) is 2.91. The Labute approximate surface area is 205 Å². The van der Waals surface area contributed by atoms with Gasteiger partial charge in [0.15, 0.2) is 0 Å². The summed E-state index contributed by atoms with van der Waals surface area (Å²) in [6.07, 6.45) is 15.5. The molecule has 0 bridgehead atoms. The Morgan fingerprint density at radius 3 is 1.35 bits per heavy atom. The molecule has 2 fully saturated rings. The molecule has 2 aliphatic carbocycles. The zero-order chi connectivity index (χ0) is 24.2. The Balaban J connectivity index is 0.000000191. The van der Waals surface area contributed by atoms with E-state index >= 15 is 0 Å². The number of anilines is 2. The first kappa shape index (κ1) is 25.5. The molecule has 2 aromatic rings. The Bertz CT molecular complexity index is 856. The van der Waals surface area contributed by atoms with E-state index in [4.69, 9.17) is 0 Å². The smallest absolute Gasteiger partial charge is 0.254 e. The lowest BCUT2D eigenvalue weighted by molar-refractivity contribution is -0.132. The van der Waals surface area contributed by atoms with Crippen molar-refractivity contribution in [2.24, 2.45) is 0 Å². The van der Waals surface area contributed by atoms with Gasteiger partial charge in [0.25, 0.3) is 5.91 Å². The van der Waals surface area contributed by atoms with Crippen LogP contribution in [0, 0.1) is 0 Å². The molecule has 2 aliphatic rings. The Hall–Kier alpha value is -3.14. The highest BCUT2D eigenvalue weighted by molar-refractivity contribution is 6.06. The molecule has 4 rings (SSSR count). The fourth-order valence-corrected chi connectivity index (χ4v) is 5.13. The van der Waals surface area contributed by atoms with Crippen LogP contribution in [0.4, 0.5) is 11.4 Å². The SMILES string of the molecule is C=CC(=O)N(C1CCCCC1)C1CCCCC1.C=CC(=O)N(c1ccccc1)c1ccccc1. The first-order chi connectivity index (χ1) is 16.7. The summed E-state index contributed by atoms with van der Waals surface area (Å²) in [5.41, 5.74) is 1.67. The minimum absolute atomic E-state index is 0.137. The summed E-state index contributed by atoms with van der Waals surface area (Å²) in [5, 5.41) is 0. The van der Waals surface area contributed by atoms with Crippen molar-refractivity contribution in [1.82, 2.24) is 4.90 Å². The summed E-state index contributed by atoms with van der Waals surface area (Å²) < 4.78 is 0. The molecule has 0 spiro atoms. The highest BCUT2D eigenvalue weighted by atomic mass is 16.2. The number of rotatable bonds is 6. The van der Waals surface area contributed by atoms with Gasteiger partial charge in [-0.3, -0.25) is 14.5 Å². The van der Waals surface area contributed by atoms with E-state index in [2.05, 4.69) is 18.1 Å². The van der Waals surface area contributed by atoms with E-state index in [-0.39, 0.29) is 11.8 Å². The zero-order valence-corrected chi connectivity index (χ0v) is 20.3. The summed E-state index contributed by atoms with van der Waals surface area (Å²) in [4.78, 5) is 27.9. The van der Waals surface area contributed by atoms with Crippen molar-refractivity contribution in [3.8, 4) is 0 Å². The van der Waals surface area contributed by atoms with E-state index in [0.29, 0.717) is 12.1 Å². The predicted molar refractivity (Wildman–Crippen MR) is 141 cm³/mol. The van der Waals surface area contributed by atoms with Crippen molar-refractivity contribution in [1.29, 1.82) is 0 Å². The van der Waals surface area contributed by atoms with E-state index in [0.717, 1.165) is 11.4 Å². The maximum Gasteiger partial charge on any atom is 0.254 e. The third-order valence-electron chi connectivity index (χ3n) is 6.79. The molecule has 0 radical (unpaired) electrons. The van der Waals surface area contributed by atoms with E-state index in [1.807, 2.05) is 60.7 Å². The summed E-state index contributed by atoms with van der Waals surface area (Å²) in [6.45, 7) is 7.22. The second-order valence-corrected chi connectivity index (χ2v) is 9.08. The number of hydrogen-bond acceptors (Lipinski definition) is 2. The van der Waals surface area contributed by atoms with Gasteiger partial charge in [-0.05, 0) is 62.1 Å². The monoisotopic (exact) mass is 458 g/mol. The number of hydrogen-bond donors (Lipinski definition) is 0. The molecule has 180 valence electrons. The van der Waals surface area contributed by atoms with Crippen LogP contribution in [0.25, 0.3) is 0 Å².